The summed E-state index contributed by atoms with van der Waals surface area (Å²) in [5.74, 6) is 0. The fourth-order valence-electron chi connectivity index (χ4n) is 4.73. The Bertz CT molecular complexity index is 1590. The van der Waals surface area contributed by atoms with Gasteiger partial charge in [0, 0.05) is 0 Å². The van der Waals surface area contributed by atoms with Crippen molar-refractivity contribution in [2.75, 3.05) is 0 Å². The third kappa shape index (κ3) is 3.18. The van der Waals surface area contributed by atoms with E-state index in [-0.39, 0.29) is 0 Å². The Kier molecular flexibility index (Phi) is 4.55. The van der Waals surface area contributed by atoms with Crippen LogP contribution in [-0.4, -0.2) is 0 Å². The molecule has 0 aromatic heterocycles. The standard InChI is InChI=1S/C32H22/c1-3-11-23(12-4-1)19-20-29-31-22-26-16-8-7-15-25(26)21-30(31)27-17-9-10-18-28(27)32(29)24-13-5-2-6-14-24/h1-22H/b20-19+. The highest BCUT2D eigenvalue weighted by molar-refractivity contribution is 6.21. The third-order valence-corrected chi connectivity index (χ3v) is 6.24. The summed E-state index contributed by atoms with van der Waals surface area (Å²) in [4.78, 5) is 0. The molecule has 0 heterocycles. The first-order chi connectivity index (χ1) is 15.9. The minimum atomic E-state index is 1.20. The van der Waals surface area contributed by atoms with E-state index in [1.165, 1.54) is 54.6 Å². The lowest BCUT2D eigenvalue weighted by Crippen LogP contribution is -1.91. The molecule has 6 rings (SSSR count). The molecule has 6 aromatic carbocycles. The average Bonchev–Trinajstić information content (AvgIpc) is 2.87. The van der Waals surface area contributed by atoms with Gasteiger partial charge in [-0.2, -0.15) is 0 Å². The van der Waals surface area contributed by atoms with Crippen molar-refractivity contribution in [2.24, 2.45) is 0 Å². The molecule has 0 aliphatic carbocycles. The lowest BCUT2D eigenvalue weighted by molar-refractivity contribution is 1.64. The van der Waals surface area contributed by atoms with Gasteiger partial charge in [0.15, 0.2) is 0 Å². The Morgan fingerprint density at radius 3 is 1.69 bits per heavy atom. The van der Waals surface area contributed by atoms with E-state index < -0.39 is 0 Å². The fraction of sp³-hybridized carbons (Fsp3) is 0. The lowest BCUT2D eigenvalue weighted by Gasteiger charge is -2.17. The number of rotatable bonds is 3. The summed E-state index contributed by atoms with van der Waals surface area (Å²) in [6.45, 7) is 0. The van der Waals surface area contributed by atoms with Crippen molar-refractivity contribution >= 4 is 44.5 Å². The molecular formula is C32H22. The van der Waals surface area contributed by atoms with E-state index in [1.54, 1.807) is 0 Å². The molecular weight excluding hydrogens is 384 g/mol. The van der Waals surface area contributed by atoms with Crippen LogP contribution in [-0.2, 0) is 0 Å². The second kappa shape index (κ2) is 7.83. The molecule has 0 saturated heterocycles. The van der Waals surface area contributed by atoms with Crippen molar-refractivity contribution in [1.82, 2.24) is 0 Å². The normalized spacial score (nSPS) is 11.6. The van der Waals surface area contributed by atoms with E-state index in [1.807, 2.05) is 0 Å². The molecule has 0 unspecified atom stereocenters. The maximum absolute atomic E-state index is 2.36. The zero-order chi connectivity index (χ0) is 21.3. The Balaban J connectivity index is 1.78. The van der Waals surface area contributed by atoms with E-state index in [2.05, 4.69) is 133 Å². The maximum atomic E-state index is 2.36. The molecule has 32 heavy (non-hydrogen) atoms. The summed E-state index contributed by atoms with van der Waals surface area (Å²) in [6, 6.07) is 43.4. The summed E-state index contributed by atoms with van der Waals surface area (Å²) >= 11 is 0. The molecule has 0 N–H and O–H groups in total. The third-order valence-electron chi connectivity index (χ3n) is 6.24. The molecule has 0 nitrogen and oxygen atoms in total. The zero-order valence-electron chi connectivity index (χ0n) is 17.7. The molecule has 0 radical (unpaired) electrons. The van der Waals surface area contributed by atoms with Crippen LogP contribution < -0.4 is 0 Å². The largest absolute Gasteiger partial charge is 0.0622 e. The molecule has 0 aliphatic heterocycles. The van der Waals surface area contributed by atoms with Crippen molar-refractivity contribution in [2.45, 2.75) is 0 Å². The van der Waals surface area contributed by atoms with Crippen LogP contribution in [0, 0.1) is 0 Å². The number of benzene rings is 6. The zero-order valence-corrected chi connectivity index (χ0v) is 17.7. The molecule has 6 aromatic rings. The van der Waals surface area contributed by atoms with Crippen molar-refractivity contribution in [3.05, 3.63) is 132 Å². The smallest absolute Gasteiger partial charge is 0.00264 e. The molecule has 0 atom stereocenters. The second-order valence-electron chi connectivity index (χ2n) is 8.19. The molecule has 0 spiro atoms. The van der Waals surface area contributed by atoms with Gasteiger partial charge >= 0.3 is 0 Å². The predicted octanol–water partition coefficient (Wildman–Crippen LogP) is 8.98. The molecule has 0 aliphatic rings. The Morgan fingerprint density at radius 1 is 0.406 bits per heavy atom. The van der Waals surface area contributed by atoms with Crippen molar-refractivity contribution in [3.8, 4) is 11.1 Å². The van der Waals surface area contributed by atoms with Gasteiger partial charge in [-0.05, 0) is 66.7 Å². The molecule has 0 bridgehead atoms. The van der Waals surface area contributed by atoms with E-state index in [0.717, 1.165) is 0 Å². The highest BCUT2D eigenvalue weighted by Gasteiger charge is 2.15. The maximum Gasteiger partial charge on any atom is -0.00264 e. The van der Waals surface area contributed by atoms with Crippen LogP contribution in [0.3, 0.4) is 0 Å². The van der Waals surface area contributed by atoms with Gasteiger partial charge in [0.1, 0.15) is 0 Å². The highest BCUT2D eigenvalue weighted by Crippen LogP contribution is 2.41. The molecule has 0 fully saturated rings. The van der Waals surface area contributed by atoms with Crippen LogP contribution in [0.5, 0.6) is 0 Å². The van der Waals surface area contributed by atoms with Crippen LogP contribution in [0.1, 0.15) is 11.1 Å². The first-order valence-corrected chi connectivity index (χ1v) is 11.0. The van der Waals surface area contributed by atoms with Gasteiger partial charge in [-0.3, -0.25) is 0 Å². The van der Waals surface area contributed by atoms with Gasteiger partial charge in [0.2, 0.25) is 0 Å². The van der Waals surface area contributed by atoms with Crippen molar-refractivity contribution in [3.63, 3.8) is 0 Å². The van der Waals surface area contributed by atoms with Gasteiger partial charge in [0.05, 0.1) is 0 Å². The van der Waals surface area contributed by atoms with Gasteiger partial charge < -0.3 is 0 Å². The van der Waals surface area contributed by atoms with Gasteiger partial charge in [-0.25, -0.2) is 0 Å². The molecule has 0 saturated carbocycles. The Labute approximate surface area is 188 Å². The van der Waals surface area contributed by atoms with E-state index in [9.17, 15) is 0 Å². The fourth-order valence-corrected chi connectivity index (χ4v) is 4.73. The molecule has 150 valence electrons. The highest BCUT2D eigenvalue weighted by atomic mass is 14.2. The summed E-state index contributed by atoms with van der Waals surface area (Å²) in [5.41, 5.74) is 5.00. The monoisotopic (exact) mass is 406 g/mol. The second-order valence-corrected chi connectivity index (χ2v) is 8.19. The van der Waals surface area contributed by atoms with Gasteiger partial charge in [-0.15, -0.1) is 0 Å². The number of hydrogen-bond donors (Lipinski definition) is 0. The summed E-state index contributed by atoms with van der Waals surface area (Å²) < 4.78 is 0. The summed E-state index contributed by atoms with van der Waals surface area (Å²) in [5, 5.41) is 7.71. The lowest BCUT2D eigenvalue weighted by atomic mass is 9.86. The number of hydrogen-bond acceptors (Lipinski definition) is 0. The molecule has 0 heteroatoms. The van der Waals surface area contributed by atoms with Crippen molar-refractivity contribution < 1.29 is 0 Å². The van der Waals surface area contributed by atoms with E-state index in [4.69, 9.17) is 0 Å². The van der Waals surface area contributed by atoms with Crippen LogP contribution in [0.15, 0.2) is 121 Å². The quantitative estimate of drug-likeness (QED) is 0.156. The van der Waals surface area contributed by atoms with Crippen LogP contribution in [0.25, 0.3) is 55.6 Å². The van der Waals surface area contributed by atoms with E-state index in [0.29, 0.717) is 0 Å². The first kappa shape index (κ1) is 18.6. The SMILES string of the molecule is C(=C\c1c(-c2ccccc2)c2ccccc2c2cc3ccccc3cc12)/c1ccccc1. The van der Waals surface area contributed by atoms with Crippen LogP contribution in [0.4, 0.5) is 0 Å². The topological polar surface area (TPSA) is 0 Å². The average molecular weight is 407 g/mol. The minimum absolute atomic E-state index is 1.20. The van der Waals surface area contributed by atoms with Crippen LogP contribution >= 0.6 is 0 Å². The van der Waals surface area contributed by atoms with Crippen LogP contribution in [0.2, 0.25) is 0 Å². The summed E-state index contributed by atoms with van der Waals surface area (Å²) in [6.07, 6.45) is 4.52. The Morgan fingerprint density at radius 2 is 0.969 bits per heavy atom. The van der Waals surface area contributed by atoms with Gasteiger partial charge in [0.25, 0.3) is 0 Å². The Hall–Kier alpha value is -4.16. The van der Waals surface area contributed by atoms with Crippen molar-refractivity contribution in [1.29, 1.82) is 0 Å². The minimum Gasteiger partial charge on any atom is -0.0622 e. The van der Waals surface area contributed by atoms with Gasteiger partial charge in [-0.1, -0.05) is 121 Å². The first-order valence-electron chi connectivity index (χ1n) is 11.0. The number of fused-ring (bicyclic) bond motifs is 4. The molecule has 0 amide bonds. The van der Waals surface area contributed by atoms with E-state index >= 15 is 0 Å². The summed E-state index contributed by atoms with van der Waals surface area (Å²) in [7, 11) is 0. The predicted molar refractivity (Wildman–Crippen MR) is 140 cm³/mol.